The van der Waals surface area contributed by atoms with Crippen molar-refractivity contribution in [3.63, 3.8) is 0 Å². The van der Waals surface area contributed by atoms with Crippen molar-refractivity contribution in [2.75, 3.05) is 0 Å². The quantitative estimate of drug-likeness (QED) is 0.545. The molecule has 4 heterocycles. The maximum atomic E-state index is 12.3. The van der Waals surface area contributed by atoms with Gasteiger partial charge in [0.2, 0.25) is 0 Å². The zero-order valence-electron chi connectivity index (χ0n) is 16.9. The number of aromatic nitrogens is 6. The van der Waals surface area contributed by atoms with E-state index in [0.29, 0.717) is 29.8 Å². The predicted octanol–water partition coefficient (Wildman–Crippen LogP) is 2.94. The van der Waals surface area contributed by atoms with Crippen molar-refractivity contribution >= 4 is 5.91 Å². The van der Waals surface area contributed by atoms with E-state index in [1.54, 1.807) is 35.6 Å². The molecular formula is C21H21N7O2. The smallest absolute Gasteiger partial charge is 0.271 e. The van der Waals surface area contributed by atoms with Crippen LogP contribution in [0.15, 0.2) is 59.8 Å². The fraction of sp³-hybridized carbons (Fsp3) is 0.238. The van der Waals surface area contributed by atoms with E-state index in [-0.39, 0.29) is 11.3 Å². The number of hydrogen-bond acceptors (Lipinski definition) is 7. The average Bonchev–Trinajstić information content (AvgIpc) is 3.43. The van der Waals surface area contributed by atoms with Crippen molar-refractivity contribution in [3.05, 3.63) is 72.5 Å². The number of nitrogens with one attached hydrogen (secondary N) is 1. The van der Waals surface area contributed by atoms with Crippen molar-refractivity contribution in [2.45, 2.75) is 32.7 Å². The topological polar surface area (TPSA) is 112 Å². The van der Waals surface area contributed by atoms with Crippen LogP contribution in [0.2, 0.25) is 0 Å². The second-order valence-electron chi connectivity index (χ2n) is 7.75. The van der Waals surface area contributed by atoms with E-state index >= 15 is 0 Å². The Morgan fingerprint density at radius 1 is 1.13 bits per heavy atom. The molecule has 0 spiro atoms. The first-order chi connectivity index (χ1) is 14.4. The van der Waals surface area contributed by atoms with Gasteiger partial charge >= 0.3 is 0 Å². The van der Waals surface area contributed by atoms with E-state index < -0.39 is 0 Å². The molecule has 1 amide bonds. The van der Waals surface area contributed by atoms with Crippen LogP contribution in [-0.2, 0) is 12.0 Å². The van der Waals surface area contributed by atoms with Gasteiger partial charge in [-0.05, 0) is 24.3 Å². The number of hydrogen-bond donors (Lipinski definition) is 1. The van der Waals surface area contributed by atoms with Gasteiger partial charge in [0.25, 0.3) is 11.8 Å². The van der Waals surface area contributed by atoms with Crippen LogP contribution in [0.4, 0.5) is 0 Å². The molecule has 0 aliphatic carbocycles. The fourth-order valence-electron chi connectivity index (χ4n) is 2.64. The molecule has 0 aliphatic rings. The van der Waals surface area contributed by atoms with Gasteiger partial charge in [0, 0.05) is 24.0 Å². The lowest BCUT2D eigenvalue weighted by atomic mass is 9.96. The Morgan fingerprint density at radius 3 is 2.67 bits per heavy atom. The lowest BCUT2D eigenvalue weighted by Crippen LogP contribution is -2.23. The summed E-state index contributed by atoms with van der Waals surface area (Å²) in [4.78, 5) is 29.5. The molecule has 152 valence electrons. The van der Waals surface area contributed by atoms with Crippen LogP contribution >= 0.6 is 0 Å². The zero-order chi connectivity index (χ0) is 21.1. The predicted molar refractivity (Wildman–Crippen MR) is 109 cm³/mol. The van der Waals surface area contributed by atoms with Crippen molar-refractivity contribution in [1.29, 1.82) is 0 Å². The number of pyridine rings is 2. The molecule has 4 rings (SSSR count). The molecule has 0 saturated heterocycles. The molecule has 0 aromatic carbocycles. The van der Waals surface area contributed by atoms with Gasteiger partial charge in [0.15, 0.2) is 5.82 Å². The lowest BCUT2D eigenvalue weighted by Gasteiger charge is -2.10. The van der Waals surface area contributed by atoms with Gasteiger partial charge in [-0.1, -0.05) is 32.0 Å². The maximum absolute atomic E-state index is 12.3. The second-order valence-corrected chi connectivity index (χ2v) is 7.75. The SMILES string of the molecule is CC(C)(C)c1noc(-c2ccc(-n3cnc(C(=O)NCc4ccccn4)c3)nc2)n1. The van der Waals surface area contributed by atoms with Crippen LogP contribution in [-0.4, -0.2) is 35.6 Å². The van der Waals surface area contributed by atoms with E-state index in [0.717, 1.165) is 11.3 Å². The van der Waals surface area contributed by atoms with Gasteiger partial charge < -0.3 is 9.84 Å². The largest absolute Gasteiger partial charge is 0.345 e. The molecule has 0 fully saturated rings. The van der Waals surface area contributed by atoms with Crippen LogP contribution in [0.3, 0.4) is 0 Å². The molecule has 30 heavy (non-hydrogen) atoms. The molecule has 0 bridgehead atoms. The van der Waals surface area contributed by atoms with Gasteiger partial charge in [-0.3, -0.25) is 14.3 Å². The highest BCUT2D eigenvalue weighted by molar-refractivity contribution is 5.92. The molecule has 4 aromatic heterocycles. The highest BCUT2D eigenvalue weighted by Crippen LogP contribution is 2.23. The Bertz CT molecular complexity index is 1140. The second kappa shape index (κ2) is 7.86. The molecule has 0 unspecified atom stereocenters. The van der Waals surface area contributed by atoms with Crippen LogP contribution in [0.25, 0.3) is 17.3 Å². The summed E-state index contributed by atoms with van der Waals surface area (Å²) in [6.07, 6.45) is 6.50. The van der Waals surface area contributed by atoms with Crippen LogP contribution in [0, 0.1) is 0 Å². The van der Waals surface area contributed by atoms with Crippen LogP contribution < -0.4 is 5.32 Å². The third-order valence-electron chi connectivity index (χ3n) is 4.33. The number of carbonyl (C=O) groups is 1. The maximum Gasteiger partial charge on any atom is 0.271 e. The molecule has 0 saturated carbocycles. The first-order valence-electron chi connectivity index (χ1n) is 9.43. The highest BCUT2D eigenvalue weighted by Gasteiger charge is 2.21. The van der Waals surface area contributed by atoms with E-state index in [2.05, 4.69) is 30.4 Å². The molecule has 9 heteroatoms. The van der Waals surface area contributed by atoms with Gasteiger partial charge in [0.1, 0.15) is 17.8 Å². The van der Waals surface area contributed by atoms with Crippen molar-refractivity contribution in [1.82, 2.24) is 35.0 Å². The standard InChI is InChI=1S/C21H21N7O2/c1-21(2,3)20-26-19(30-27-20)14-7-8-17(23-10-14)28-12-16(25-13-28)18(29)24-11-15-6-4-5-9-22-15/h4-10,12-13H,11H2,1-3H3,(H,24,29). The normalized spacial score (nSPS) is 11.4. The minimum Gasteiger partial charge on any atom is -0.345 e. The lowest BCUT2D eigenvalue weighted by molar-refractivity contribution is 0.0946. The minimum atomic E-state index is -0.281. The summed E-state index contributed by atoms with van der Waals surface area (Å²) in [5.41, 5.74) is 1.59. The molecule has 0 atom stereocenters. The van der Waals surface area contributed by atoms with Crippen LogP contribution in [0.5, 0.6) is 0 Å². The number of nitrogens with zero attached hydrogens (tertiary/aromatic N) is 6. The fourth-order valence-corrected chi connectivity index (χ4v) is 2.64. The summed E-state index contributed by atoms with van der Waals surface area (Å²) in [6, 6.07) is 9.18. The average molecular weight is 403 g/mol. The van der Waals surface area contributed by atoms with Crippen molar-refractivity contribution in [2.24, 2.45) is 0 Å². The number of amides is 1. The molecule has 0 aliphatic heterocycles. The third-order valence-corrected chi connectivity index (χ3v) is 4.33. The van der Waals surface area contributed by atoms with Crippen molar-refractivity contribution < 1.29 is 9.32 Å². The summed E-state index contributed by atoms with van der Waals surface area (Å²) in [5.74, 6) is 1.39. The molecular weight excluding hydrogens is 382 g/mol. The zero-order valence-corrected chi connectivity index (χ0v) is 16.9. The van der Waals surface area contributed by atoms with E-state index in [9.17, 15) is 4.79 Å². The summed E-state index contributed by atoms with van der Waals surface area (Å²) in [7, 11) is 0. The number of rotatable bonds is 5. The van der Waals surface area contributed by atoms with Crippen molar-refractivity contribution in [3.8, 4) is 17.3 Å². The number of carbonyl (C=O) groups excluding carboxylic acids is 1. The highest BCUT2D eigenvalue weighted by atomic mass is 16.5. The Hall–Kier alpha value is -3.88. The Morgan fingerprint density at radius 2 is 2.00 bits per heavy atom. The molecule has 0 radical (unpaired) electrons. The first-order valence-corrected chi connectivity index (χ1v) is 9.43. The molecule has 1 N–H and O–H groups in total. The Labute approximate surface area is 173 Å². The summed E-state index contributed by atoms with van der Waals surface area (Å²) in [6.45, 7) is 6.39. The third kappa shape index (κ3) is 4.24. The monoisotopic (exact) mass is 403 g/mol. The Kier molecular flexibility index (Phi) is 5.09. The number of imidazole rings is 1. The van der Waals surface area contributed by atoms with Gasteiger partial charge in [0.05, 0.1) is 17.8 Å². The van der Waals surface area contributed by atoms with E-state index in [4.69, 9.17) is 4.52 Å². The Balaban J connectivity index is 1.44. The van der Waals surface area contributed by atoms with Gasteiger partial charge in [-0.2, -0.15) is 4.98 Å². The van der Waals surface area contributed by atoms with Gasteiger partial charge in [-0.25, -0.2) is 9.97 Å². The molecule has 4 aromatic rings. The summed E-state index contributed by atoms with van der Waals surface area (Å²) < 4.78 is 7.02. The van der Waals surface area contributed by atoms with Gasteiger partial charge in [-0.15, -0.1) is 0 Å². The summed E-state index contributed by atoms with van der Waals surface area (Å²) in [5, 5.41) is 6.83. The van der Waals surface area contributed by atoms with E-state index in [1.165, 1.54) is 0 Å². The first kappa shape index (κ1) is 19.4. The molecule has 9 nitrogen and oxygen atoms in total. The summed E-state index contributed by atoms with van der Waals surface area (Å²) >= 11 is 0. The minimum absolute atomic E-state index is 0.195. The van der Waals surface area contributed by atoms with Crippen LogP contribution in [0.1, 0.15) is 42.8 Å². The van der Waals surface area contributed by atoms with E-state index in [1.807, 2.05) is 45.0 Å².